The van der Waals surface area contributed by atoms with E-state index in [1.807, 2.05) is 37.3 Å². The molecule has 6 heteroatoms. The van der Waals surface area contributed by atoms with Crippen molar-refractivity contribution in [1.82, 2.24) is 14.8 Å². The van der Waals surface area contributed by atoms with E-state index in [9.17, 15) is 5.26 Å². The summed E-state index contributed by atoms with van der Waals surface area (Å²) < 4.78 is 7.83. The lowest BCUT2D eigenvalue weighted by molar-refractivity contribution is 0.379. The van der Waals surface area contributed by atoms with Crippen LogP contribution in [-0.4, -0.2) is 14.8 Å². The van der Waals surface area contributed by atoms with Gasteiger partial charge in [0.1, 0.15) is 11.6 Å². The van der Waals surface area contributed by atoms with Crippen LogP contribution >= 0.6 is 0 Å². The largest absolute Gasteiger partial charge is 0.420 e. The second-order valence-corrected chi connectivity index (χ2v) is 7.21. The minimum atomic E-state index is -0.329. The van der Waals surface area contributed by atoms with Gasteiger partial charge in [0, 0.05) is 34.9 Å². The number of para-hydroxylation sites is 1. The van der Waals surface area contributed by atoms with Crippen molar-refractivity contribution in [2.75, 3.05) is 0 Å². The Kier molecular flexibility index (Phi) is 3.88. The Labute approximate surface area is 167 Å². The first-order valence-corrected chi connectivity index (χ1v) is 9.41. The summed E-state index contributed by atoms with van der Waals surface area (Å²) in [4.78, 5) is 0. The lowest BCUT2D eigenvalue weighted by atomic mass is 9.84. The molecule has 0 bridgehead atoms. The summed E-state index contributed by atoms with van der Waals surface area (Å²) in [5.41, 5.74) is 11.6. The molecule has 0 aliphatic carbocycles. The molecule has 2 aromatic carbocycles. The maximum absolute atomic E-state index is 9.86. The summed E-state index contributed by atoms with van der Waals surface area (Å²) in [7, 11) is 0. The average Bonchev–Trinajstić information content (AvgIpc) is 3.29. The molecule has 3 heterocycles. The number of aromatic amines is 1. The molecule has 0 fully saturated rings. The highest BCUT2D eigenvalue weighted by molar-refractivity contribution is 5.86. The molecule has 6 nitrogen and oxygen atoms in total. The number of hydrogen-bond donors (Lipinski definition) is 2. The quantitative estimate of drug-likeness (QED) is 0.562. The van der Waals surface area contributed by atoms with E-state index in [1.54, 1.807) is 0 Å². The first-order chi connectivity index (χ1) is 14.2. The predicted octanol–water partition coefficient (Wildman–Crippen LogP) is 3.94. The third-order valence-corrected chi connectivity index (χ3v) is 5.46. The SMILES string of the molecule is Cc1[nH]nc2c1[C@@H](c1cn(Cc3ccccc3)c3ccccc13)C(C#N)=C(N)O2. The van der Waals surface area contributed by atoms with E-state index >= 15 is 0 Å². The Balaban J connectivity index is 1.73. The predicted molar refractivity (Wildman–Crippen MR) is 110 cm³/mol. The molecule has 3 N–H and O–H groups in total. The normalized spacial score (nSPS) is 15.8. The maximum Gasteiger partial charge on any atom is 0.244 e. The van der Waals surface area contributed by atoms with E-state index in [1.165, 1.54) is 5.56 Å². The van der Waals surface area contributed by atoms with Crippen molar-refractivity contribution >= 4 is 10.9 Å². The number of benzene rings is 2. The van der Waals surface area contributed by atoms with Crippen molar-refractivity contribution in [1.29, 1.82) is 5.26 Å². The van der Waals surface area contributed by atoms with Gasteiger partial charge in [-0.15, -0.1) is 5.10 Å². The Hall–Kier alpha value is -3.98. The van der Waals surface area contributed by atoms with Gasteiger partial charge in [0.05, 0.1) is 5.92 Å². The molecule has 0 saturated carbocycles. The molecule has 142 valence electrons. The number of nitrogens with one attached hydrogen (secondary N) is 1. The summed E-state index contributed by atoms with van der Waals surface area (Å²) in [5.74, 6) is 0.213. The molecule has 1 aliphatic heterocycles. The highest BCUT2D eigenvalue weighted by Crippen LogP contribution is 2.45. The summed E-state index contributed by atoms with van der Waals surface area (Å²) in [6, 6.07) is 20.8. The topological polar surface area (TPSA) is 92.7 Å². The van der Waals surface area contributed by atoms with Gasteiger partial charge >= 0.3 is 0 Å². The van der Waals surface area contributed by atoms with Crippen LogP contribution in [0.15, 0.2) is 72.3 Å². The monoisotopic (exact) mass is 381 g/mol. The Morgan fingerprint density at radius 3 is 2.72 bits per heavy atom. The fraction of sp³-hybridized carbons (Fsp3) is 0.130. The smallest absolute Gasteiger partial charge is 0.244 e. The summed E-state index contributed by atoms with van der Waals surface area (Å²) in [5, 5.41) is 18.1. The van der Waals surface area contributed by atoms with Crippen LogP contribution in [0.3, 0.4) is 0 Å². The minimum absolute atomic E-state index is 0.108. The molecule has 1 aliphatic rings. The minimum Gasteiger partial charge on any atom is -0.420 e. The van der Waals surface area contributed by atoms with E-state index in [0.29, 0.717) is 11.5 Å². The van der Waals surface area contributed by atoms with E-state index in [2.05, 4.69) is 51.3 Å². The molecule has 2 aromatic heterocycles. The molecular weight excluding hydrogens is 362 g/mol. The highest BCUT2D eigenvalue weighted by atomic mass is 16.5. The second kappa shape index (κ2) is 6.57. The summed E-state index contributed by atoms with van der Waals surface area (Å²) >= 11 is 0. The molecule has 0 unspecified atom stereocenters. The number of aromatic nitrogens is 3. The molecule has 4 aromatic rings. The van der Waals surface area contributed by atoms with Crippen LogP contribution in [0.4, 0.5) is 0 Å². The van der Waals surface area contributed by atoms with Gasteiger partial charge in [-0.3, -0.25) is 5.10 Å². The first-order valence-electron chi connectivity index (χ1n) is 9.41. The number of ether oxygens (including phenoxy) is 1. The number of nitrogens with zero attached hydrogens (tertiary/aromatic N) is 3. The maximum atomic E-state index is 9.86. The number of nitrogens with two attached hydrogens (primary N) is 1. The zero-order valence-electron chi connectivity index (χ0n) is 15.9. The van der Waals surface area contributed by atoms with Gasteiger partial charge < -0.3 is 15.0 Å². The van der Waals surface area contributed by atoms with Crippen molar-refractivity contribution in [3.63, 3.8) is 0 Å². The van der Waals surface area contributed by atoms with E-state index in [-0.39, 0.29) is 11.8 Å². The number of H-pyrrole nitrogens is 1. The van der Waals surface area contributed by atoms with Gasteiger partial charge in [-0.05, 0) is 24.1 Å². The number of aryl methyl sites for hydroxylation is 1. The van der Waals surface area contributed by atoms with Crippen LogP contribution in [0.1, 0.15) is 28.3 Å². The van der Waals surface area contributed by atoms with Crippen LogP contribution in [0.2, 0.25) is 0 Å². The Morgan fingerprint density at radius 2 is 1.93 bits per heavy atom. The molecule has 1 atom stereocenters. The van der Waals surface area contributed by atoms with Crippen molar-refractivity contribution in [3.8, 4) is 11.9 Å². The van der Waals surface area contributed by atoms with Gasteiger partial charge in [-0.1, -0.05) is 48.5 Å². The molecular formula is C23H19N5O. The Bertz CT molecular complexity index is 1290. The molecule has 5 rings (SSSR count). The second-order valence-electron chi connectivity index (χ2n) is 7.21. The van der Waals surface area contributed by atoms with Crippen LogP contribution < -0.4 is 10.5 Å². The number of rotatable bonds is 3. The molecule has 0 saturated heterocycles. The zero-order valence-corrected chi connectivity index (χ0v) is 15.9. The molecule has 0 amide bonds. The fourth-order valence-corrected chi connectivity index (χ4v) is 4.13. The zero-order chi connectivity index (χ0) is 20.0. The van der Waals surface area contributed by atoms with Crippen molar-refractivity contribution in [2.24, 2.45) is 5.73 Å². The molecule has 0 radical (unpaired) electrons. The number of fused-ring (bicyclic) bond motifs is 2. The third kappa shape index (κ3) is 2.67. The van der Waals surface area contributed by atoms with Crippen LogP contribution in [0, 0.1) is 18.3 Å². The fourth-order valence-electron chi connectivity index (χ4n) is 4.13. The van der Waals surface area contributed by atoms with Crippen LogP contribution in [0.25, 0.3) is 10.9 Å². The van der Waals surface area contributed by atoms with Crippen molar-refractivity contribution in [2.45, 2.75) is 19.4 Å². The van der Waals surface area contributed by atoms with Crippen LogP contribution in [0.5, 0.6) is 5.88 Å². The summed E-state index contributed by atoms with van der Waals surface area (Å²) in [6.07, 6.45) is 2.12. The standard InChI is InChI=1S/C23H19N5O/c1-14-20-21(17(11-24)22(25)29-23(20)27-26-14)18-13-28(12-15-7-3-2-4-8-15)19-10-6-5-9-16(18)19/h2-10,13,21H,12,25H2,1H3,(H,26,27)/t21-/m1/s1. The van der Waals surface area contributed by atoms with E-state index < -0.39 is 0 Å². The Morgan fingerprint density at radius 1 is 1.17 bits per heavy atom. The lowest BCUT2D eigenvalue weighted by Gasteiger charge is -2.23. The lowest BCUT2D eigenvalue weighted by Crippen LogP contribution is -2.21. The van der Waals surface area contributed by atoms with E-state index in [4.69, 9.17) is 10.5 Å². The highest BCUT2D eigenvalue weighted by Gasteiger charge is 2.35. The van der Waals surface area contributed by atoms with Gasteiger partial charge in [0.15, 0.2) is 0 Å². The third-order valence-electron chi connectivity index (χ3n) is 5.46. The van der Waals surface area contributed by atoms with Crippen molar-refractivity contribution < 1.29 is 4.74 Å². The number of hydrogen-bond acceptors (Lipinski definition) is 4. The van der Waals surface area contributed by atoms with Gasteiger partial charge in [0.2, 0.25) is 11.8 Å². The average molecular weight is 381 g/mol. The first kappa shape index (κ1) is 17.1. The van der Waals surface area contributed by atoms with Gasteiger partial charge in [-0.25, -0.2) is 0 Å². The number of nitriles is 1. The molecule has 29 heavy (non-hydrogen) atoms. The van der Waals surface area contributed by atoms with Crippen molar-refractivity contribution in [3.05, 3.63) is 94.6 Å². The number of allylic oxidation sites excluding steroid dienone is 1. The van der Waals surface area contributed by atoms with Gasteiger partial charge in [0.25, 0.3) is 0 Å². The van der Waals surface area contributed by atoms with Gasteiger partial charge in [-0.2, -0.15) is 5.26 Å². The molecule has 0 spiro atoms. The van der Waals surface area contributed by atoms with E-state index in [0.717, 1.165) is 34.3 Å². The van der Waals surface area contributed by atoms with Crippen LogP contribution in [-0.2, 0) is 6.54 Å². The summed E-state index contributed by atoms with van der Waals surface area (Å²) in [6.45, 7) is 2.67.